The molecule has 0 radical (unpaired) electrons. The summed E-state index contributed by atoms with van der Waals surface area (Å²) >= 11 is 1.26. The molecule has 2 unspecified atom stereocenters. The van der Waals surface area contributed by atoms with E-state index in [0.29, 0.717) is 0 Å². The Hall–Kier alpha value is -1.04. The van der Waals surface area contributed by atoms with Crippen LogP contribution >= 0.6 is 11.8 Å². The predicted octanol–water partition coefficient (Wildman–Crippen LogP) is 0.340. The van der Waals surface area contributed by atoms with Gasteiger partial charge in [0, 0.05) is 18.7 Å². The van der Waals surface area contributed by atoms with Crippen LogP contribution in [0.1, 0.15) is 19.8 Å². The molecule has 84 valence electrons. The number of nitrogens with zero attached hydrogens (tertiary/aromatic N) is 1. The molecule has 0 spiro atoms. The van der Waals surface area contributed by atoms with Gasteiger partial charge in [0.25, 0.3) is 0 Å². The third kappa shape index (κ3) is 2.95. The van der Waals surface area contributed by atoms with Crippen molar-refractivity contribution in [3.8, 4) is 0 Å². The average Bonchev–Trinajstić information content (AvgIpc) is 2.32. The van der Waals surface area contributed by atoms with Gasteiger partial charge in [-0.15, -0.1) is 11.8 Å². The van der Waals surface area contributed by atoms with Gasteiger partial charge in [-0.25, -0.2) is 0 Å². The number of thioether (sulfide) groups is 1. The molecule has 1 heterocycles. The number of hydrogen-bond donors (Lipinski definition) is 1. The number of carboxylic acid groups (broad SMARTS) is 1. The third-order valence-corrected chi connectivity index (χ3v) is 3.53. The van der Waals surface area contributed by atoms with E-state index in [0.717, 1.165) is 4.90 Å². The number of amides is 2. The number of hydrogen-bond acceptors (Lipinski definition) is 4. The van der Waals surface area contributed by atoms with Crippen molar-refractivity contribution in [1.82, 2.24) is 4.90 Å². The summed E-state index contributed by atoms with van der Waals surface area (Å²) < 4.78 is 0. The lowest BCUT2D eigenvalue weighted by molar-refractivity contribution is -0.138. The van der Waals surface area contributed by atoms with Gasteiger partial charge >= 0.3 is 5.97 Å². The third-order valence-electron chi connectivity index (χ3n) is 2.20. The van der Waals surface area contributed by atoms with Crippen LogP contribution in [0, 0.1) is 0 Å². The molecule has 0 aromatic rings. The molecule has 5 nitrogen and oxygen atoms in total. The van der Waals surface area contributed by atoms with Crippen LogP contribution in [0.2, 0.25) is 0 Å². The van der Waals surface area contributed by atoms with Gasteiger partial charge in [0.2, 0.25) is 11.8 Å². The lowest BCUT2D eigenvalue weighted by Crippen LogP contribution is -2.27. The minimum atomic E-state index is -0.889. The maximum Gasteiger partial charge on any atom is 0.304 e. The van der Waals surface area contributed by atoms with Gasteiger partial charge < -0.3 is 5.11 Å². The van der Waals surface area contributed by atoms with Crippen LogP contribution in [0.4, 0.5) is 0 Å². The van der Waals surface area contributed by atoms with Crippen molar-refractivity contribution >= 4 is 29.5 Å². The zero-order valence-corrected chi connectivity index (χ0v) is 9.41. The Morgan fingerprint density at radius 2 is 2.27 bits per heavy atom. The SMILES string of the molecule is CC(CC(=O)O)SC1CC(=O)N(C)C1=O. The highest BCUT2D eigenvalue weighted by molar-refractivity contribution is 8.01. The molecule has 0 aliphatic carbocycles. The second kappa shape index (κ2) is 4.65. The summed E-state index contributed by atoms with van der Waals surface area (Å²) in [7, 11) is 1.45. The molecule has 1 saturated heterocycles. The Balaban J connectivity index is 2.50. The number of imide groups is 1. The number of aliphatic carboxylic acids is 1. The summed E-state index contributed by atoms with van der Waals surface area (Å²) in [5.74, 6) is -1.30. The zero-order valence-electron chi connectivity index (χ0n) is 8.60. The minimum absolute atomic E-state index is 0.00630. The Morgan fingerprint density at radius 1 is 1.67 bits per heavy atom. The lowest BCUT2D eigenvalue weighted by atomic mass is 10.3. The largest absolute Gasteiger partial charge is 0.481 e. The first-order chi connectivity index (χ1) is 6.91. The first-order valence-corrected chi connectivity index (χ1v) is 5.53. The highest BCUT2D eigenvalue weighted by Gasteiger charge is 2.37. The maximum absolute atomic E-state index is 11.5. The van der Waals surface area contributed by atoms with E-state index in [1.165, 1.54) is 18.8 Å². The Bertz CT molecular complexity index is 304. The molecule has 1 aliphatic heterocycles. The van der Waals surface area contributed by atoms with Crippen LogP contribution in [-0.4, -0.2) is 45.3 Å². The molecular formula is C9H13NO4S. The Morgan fingerprint density at radius 3 is 2.67 bits per heavy atom. The monoisotopic (exact) mass is 231 g/mol. The van der Waals surface area contributed by atoms with Crippen LogP contribution in [0.25, 0.3) is 0 Å². The minimum Gasteiger partial charge on any atom is -0.481 e. The first kappa shape index (κ1) is 12.0. The second-order valence-corrected chi connectivity index (χ2v) is 5.17. The maximum atomic E-state index is 11.5. The number of carboxylic acids is 1. The number of likely N-dealkylation sites (tertiary alicyclic amines) is 1. The normalized spacial score (nSPS) is 23.3. The second-order valence-electron chi connectivity index (χ2n) is 3.53. The molecule has 0 aromatic carbocycles. The summed E-state index contributed by atoms with van der Waals surface area (Å²) in [6.07, 6.45) is 0.191. The van der Waals surface area contributed by atoms with E-state index in [1.807, 2.05) is 0 Å². The van der Waals surface area contributed by atoms with E-state index < -0.39 is 11.2 Å². The molecule has 0 saturated carbocycles. The Labute approximate surface area is 91.8 Å². The van der Waals surface area contributed by atoms with Gasteiger partial charge in [-0.2, -0.15) is 0 Å². The fraction of sp³-hybridized carbons (Fsp3) is 0.667. The van der Waals surface area contributed by atoms with Gasteiger partial charge in [0.1, 0.15) is 0 Å². The summed E-state index contributed by atoms with van der Waals surface area (Å²) in [5, 5.41) is 7.99. The van der Waals surface area contributed by atoms with Crippen molar-refractivity contribution in [1.29, 1.82) is 0 Å². The molecule has 0 bridgehead atoms. The van der Waals surface area contributed by atoms with E-state index in [2.05, 4.69) is 0 Å². The molecule has 6 heteroatoms. The molecular weight excluding hydrogens is 218 g/mol. The van der Waals surface area contributed by atoms with Crippen molar-refractivity contribution in [2.75, 3.05) is 7.05 Å². The van der Waals surface area contributed by atoms with E-state index in [1.54, 1.807) is 6.92 Å². The van der Waals surface area contributed by atoms with Gasteiger partial charge in [-0.1, -0.05) is 6.92 Å². The molecule has 1 aliphatic rings. The molecule has 1 rings (SSSR count). The van der Waals surface area contributed by atoms with Crippen molar-refractivity contribution in [2.45, 2.75) is 30.3 Å². The summed E-state index contributed by atoms with van der Waals surface area (Å²) in [5.41, 5.74) is 0. The molecule has 1 fully saturated rings. The summed E-state index contributed by atoms with van der Waals surface area (Å²) in [6.45, 7) is 1.74. The number of carbonyl (C=O) groups excluding carboxylic acids is 2. The van der Waals surface area contributed by atoms with Gasteiger partial charge in [0.05, 0.1) is 11.7 Å². The fourth-order valence-electron chi connectivity index (χ4n) is 1.40. The molecule has 1 N–H and O–H groups in total. The summed E-state index contributed by atoms with van der Waals surface area (Å²) in [4.78, 5) is 34.2. The van der Waals surface area contributed by atoms with Crippen LogP contribution in [0.15, 0.2) is 0 Å². The van der Waals surface area contributed by atoms with E-state index in [9.17, 15) is 14.4 Å². The standard InChI is InChI=1S/C9H13NO4S/c1-5(3-8(12)13)15-6-4-7(11)10(2)9(6)14/h5-6H,3-4H2,1-2H3,(H,12,13). The Kier molecular flexibility index (Phi) is 3.73. The van der Waals surface area contributed by atoms with Crippen molar-refractivity contribution in [2.24, 2.45) is 0 Å². The topological polar surface area (TPSA) is 74.7 Å². The van der Waals surface area contributed by atoms with Gasteiger partial charge in [-0.05, 0) is 0 Å². The van der Waals surface area contributed by atoms with E-state index in [-0.39, 0.29) is 29.9 Å². The highest BCUT2D eigenvalue weighted by atomic mass is 32.2. The highest BCUT2D eigenvalue weighted by Crippen LogP contribution is 2.28. The predicted molar refractivity (Wildman–Crippen MR) is 55.5 cm³/mol. The molecule has 2 atom stereocenters. The summed E-state index contributed by atoms with van der Waals surface area (Å²) in [6, 6.07) is 0. The van der Waals surface area contributed by atoms with Gasteiger partial charge in [0.15, 0.2) is 0 Å². The van der Waals surface area contributed by atoms with Crippen LogP contribution < -0.4 is 0 Å². The lowest BCUT2D eigenvalue weighted by Gasteiger charge is -2.12. The van der Waals surface area contributed by atoms with Crippen LogP contribution in [-0.2, 0) is 14.4 Å². The van der Waals surface area contributed by atoms with Crippen LogP contribution in [0.3, 0.4) is 0 Å². The van der Waals surface area contributed by atoms with Crippen molar-refractivity contribution in [3.05, 3.63) is 0 Å². The van der Waals surface area contributed by atoms with Crippen molar-refractivity contribution in [3.63, 3.8) is 0 Å². The quantitative estimate of drug-likeness (QED) is 0.706. The molecule has 2 amide bonds. The molecule has 15 heavy (non-hydrogen) atoms. The van der Waals surface area contributed by atoms with Crippen LogP contribution in [0.5, 0.6) is 0 Å². The fourth-order valence-corrected chi connectivity index (χ4v) is 2.72. The van der Waals surface area contributed by atoms with Gasteiger partial charge in [-0.3, -0.25) is 19.3 Å². The number of carbonyl (C=O) groups is 3. The zero-order chi connectivity index (χ0) is 11.6. The number of rotatable bonds is 4. The van der Waals surface area contributed by atoms with E-state index in [4.69, 9.17) is 5.11 Å². The van der Waals surface area contributed by atoms with Crippen molar-refractivity contribution < 1.29 is 19.5 Å². The first-order valence-electron chi connectivity index (χ1n) is 4.59. The smallest absolute Gasteiger partial charge is 0.304 e. The van der Waals surface area contributed by atoms with E-state index >= 15 is 0 Å². The average molecular weight is 231 g/mol. The molecule has 0 aromatic heterocycles.